The maximum Gasteiger partial charge on any atom is 0.137 e. The molecule has 0 radical (unpaired) electrons. The Balaban J connectivity index is 2.11. The molecule has 3 heterocycles. The van der Waals surface area contributed by atoms with Gasteiger partial charge in [0.2, 0.25) is 0 Å². The van der Waals surface area contributed by atoms with Gasteiger partial charge in [0.15, 0.2) is 0 Å². The highest BCUT2D eigenvalue weighted by Gasteiger charge is 2.19. The first-order valence-corrected chi connectivity index (χ1v) is 5.10. The lowest BCUT2D eigenvalue weighted by Gasteiger charge is -2.07. The van der Waals surface area contributed by atoms with E-state index in [0.29, 0.717) is 6.04 Å². The highest BCUT2D eigenvalue weighted by molar-refractivity contribution is 5.80. The second-order valence-corrected chi connectivity index (χ2v) is 3.79. The standard InChI is InChI=1S/C11H13N3/c1-3-8-9(10-4-2-5-12-10)7-14-11(8)13-6-1/h1,3,6-7,10,12H,2,4-5H2,(H,13,14). The predicted molar refractivity (Wildman–Crippen MR) is 56.1 cm³/mol. The Morgan fingerprint density at radius 2 is 2.43 bits per heavy atom. The van der Waals surface area contributed by atoms with Crippen molar-refractivity contribution in [3.8, 4) is 0 Å². The first-order valence-electron chi connectivity index (χ1n) is 5.10. The van der Waals surface area contributed by atoms with Gasteiger partial charge >= 0.3 is 0 Å². The van der Waals surface area contributed by atoms with Crippen molar-refractivity contribution in [1.29, 1.82) is 0 Å². The van der Waals surface area contributed by atoms with Gasteiger partial charge in [-0.25, -0.2) is 4.98 Å². The summed E-state index contributed by atoms with van der Waals surface area (Å²) in [4.78, 5) is 7.50. The number of rotatable bonds is 1. The fraction of sp³-hybridized carbons (Fsp3) is 0.364. The van der Waals surface area contributed by atoms with Crippen LogP contribution in [0, 0.1) is 0 Å². The predicted octanol–water partition coefficient (Wildman–Crippen LogP) is 1.99. The minimum Gasteiger partial charge on any atom is -0.346 e. The molecule has 1 atom stereocenters. The van der Waals surface area contributed by atoms with Gasteiger partial charge < -0.3 is 10.3 Å². The van der Waals surface area contributed by atoms with Crippen LogP contribution < -0.4 is 5.32 Å². The zero-order valence-corrected chi connectivity index (χ0v) is 7.96. The fourth-order valence-electron chi connectivity index (χ4n) is 2.22. The van der Waals surface area contributed by atoms with E-state index in [1.165, 1.54) is 23.8 Å². The van der Waals surface area contributed by atoms with E-state index in [-0.39, 0.29) is 0 Å². The Morgan fingerprint density at radius 1 is 1.43 bits per heavy atom. The molecule has 0 aliphatic carbocycles. The normalized spacial score (nSPS) is 21.9. The second-order valence-electron chi connectivity index (χ2n) is 3.79. The number of pyridine rings is 1. The first-order chi connectivity index (χ1) is 6.95. The average molecular weight is 187 g/mol. The summed E-state index contributed by atoms with van der Waals surface area (Å²) in [7, 11) is 0. The van der Waals surface area contributed by atoms with Crippen LogP contribution in [0.1, 0.15) is 24.4 Å². The highest BCUT2D eigenvalue weighted by Crippen LogP contribution is 2.28. The Hall–Kier alpha value is -1.35. The van der Waals surface area contributed by atoms with Gasteiger partial charge in [0, 0.05) is 23.8 Å². The lowest BCUT2D eigenvalue weighted by atomic mass is 10.1. The Bertz CT molecular complexity index is 440. The molecule has 72 valence electrons. The average Bonchev–Trinajstić information content (AvgIpc) is 2.85. The first kappa shape index (κ1) is 8.00. The Morgan fingerprint density at radius 3 is 3.29 bits per heavy atom. The third-order valence-corrected chi connectivity index (χ3v) is 2.92. The van der Waals surface area contributed by atoms with Gasteiger partial charge in [-0.3, -0.25) is 0 Å². The number of nitrogens with zero attached hydrogens (tertiary/aromatic N) is 1. The maximum absolute atomic E-state index is 4.29. The Kier molecular flexibility index (Phi) is 1.77. The van der Waals surface area contributed by atoms with Crippen LogP contribution in [0.25, 0.3) is 11.0 Å². The molecule has 1 saturated heterocycles. The molecule has 1 fully saturated rings. The molecule has 1 unspecified atom stereocenters. The SMILES string of the molecule is c1cnc2[nH]cc(C3CCCN3)c2c1. The topological polar surface area (TPSA) is 40.7 Å². The molecular formula is C11H13N3. The molecule has 2 aromatic rings. The van der Waals surface area contributed by atoms with Crippen LogP contribution in [0.3, 0.4) is 0 Å². The van der Waals surface area contributed by atoms with Gasteiger partial charge in [-0.15, -0.1) is 0 Å². The van der Waals surface area contributed by atoms with Gasteiger partial charge in [-0.1, -0.05) is 0 Å². The smallest absolute Gasteiger partial charge is 0.137 e. The van der Waals surface area contributed by atoms with E-state index in [2.05, 4.69) is 27.5 Å². The summed E-state index contributed by atoms with van der Waals surface area (Å²) in [5.41, 5.74) is 2.36. The van der Waals surface area contributed by atoms with Crippen molar-refractivity contribution in [2.45, 2.75) is 18.9 Å². The molecule has 0 saturated carbocycles. The number of fused-ring (bicyclic) bond motifs is 1. The summed E-state index contributed by atoms with van der Waals surface area (Å²) in [6, 6.07) is 4.65. The molecule has 2 N–H and O–H groups in total. The van der Waals surface area contributed by atoms with E-state index in [9.17, 15) is 0 Å². The molecule has 3 nitrogen and oxygen atoms in total. The van der Waals surface area contributed by atoms with E-state index in [1.54, 1.807) is 0 Å². The van der Waals surface area contributed by atoms with Crippen LogP contribution in [0.5, 0.6) is 0 Å². The van der Waals surface area contributed by atoms with E-state index in [1.807, 2.05) is 12.3 Å². The molecule has 1 aliphatic heterocycles. The van der Waals surface area contributed by atoms with Crippen LogP contribution in [-0.2, 0) is 0 Å². The molecule has 14 heavy (non-hydrogen) atoms. The third-order valence-electron chi connectivity index (χ3n) is 2.92. The van der Waals surface area contributed by atoms with Crippen molar-refractivity contribution in [3.63, 3.8) is 0 Å². The van der Waals surface area contributed by atoms with E-state index < -0.39 is 0 Å². The van der Waals surface area contributed by atoms with E-state index >= 15 is 0 Å². The van der Waals surface area contributed by atoms with Gasteiger partial charge in [0.1, 0.15) is 5.65 Å². The molecule has 3 rings (SSSR count). The molecule has 0 bridgehead atoms. The molecular weight excluding hydrogens is 174 g/mol. The van der Waals surface area contributed by atoms with Gasteiger partial charge in [-0.05, 0) is 37.1 Å². The van der Waals surface area contributed by atoms with Crippen LogP contribution in [0.2, 0.25) is 0 Å². The molecule has 0 amide bonds. The van der Waals surface area contributed by atoms with Crippen molar-refractivity contribution in [3.05, 3.63) is 30.1 Å². The highest BCUT2D eigenvalue weighted by atomic mass is 14.9. The summed E-state index contributed by atoms with van der Waals surface area (Å²) in [5.74, 6) is 0. The van der Waals surface area contributed by atoms with Crippen LogP contribution in [0.4, 0.5) is 0 Å². The number of hydrogen-bond acceptors (Lipinski definition) is 2. The van der Waals surface area contributed by atoms with Crippen molar-refractivity contribution in [1.82, 2.24) is 15.3 Å². The van der Waals surface area contributed by atoms with Crippen LogP contribution >= 0.6 is 0 Å². The monoisotopic (exact) mass is 187 g/mol. The minimum absolute atomic E-state index is 0.521. The zero-order valence-electron chi connectivity index (χ0n) is 7.96. The number of nitrogens with one attached hydrogen (secondary N) is 2. The van der Waals surface area contributed by atoms with Gasteiger partial charge in [0.05, 0.1) is 0 Å². The van der Waals surface area contributed by atoms with Crippen molar-refractivity contribution in [2.24, 2.45) is 0 Å². The second kappa shape index (κ2) is 3.10. The van der Waals surface area contributed by atoms with E-state index in [0.717, 1.165) is 12.2 Å². The fourth-order valence-corrected chi connectivity index (χ4v) is 2.22. The maximum atomic E-state index is 4.29. The lowest BCUT2D eigenvalue weighted by molar-refractivity contribution is 0.652. The largest absolute Gasteiger partial charge is 0.346 e. The molecule has 0 aromatic carbocycles. The lowest BCUT2D eigenvalue weighted by Crippen LogP contribution is -2.12. The molecule has 0 spiro atoms. The zero-order chi connectivity index (χ0) is 9.38. The third kappa shape index (κ3) is 1.13. The number of hydrogen-bond donors (Lipinski definition) is 2. The summed E-state index contributed by atoms with van der Waals surface area (Å²) in [5, 5.41) is 4.76. The van der Waals surface area contributed by atoms with Crippen molar-refractivity contribution >= 4 is 11.0 Å². The summed E-state index contributed by atoms with van der Waals surface area (Å²) in [6.45, 7) is 1.14. The summed E-state index contributed by atoms with van der Waals surface area (Å²) >= 11 is 0. The molecule has 2 aromatic heterocycles. The van der Waals surface area contributed by atoms with Crippen molar-refractivity contribution in [2.75, 3.05) is 6.54 Å². The van der Waals surface area contributed by atoms with Crippen molar-refractivity contribution < 1.29 is 0 Å². The van der Waals surface area contributed by atoms with Crippen LogP contribution in [-0.4, -0.2) is 16.5 Å². The minimum atomic E-state index is 0.521. The quantitative estimate of drug-likeness (QED) is 0.716. The number of aromatic amines is 1. The Labute approximate surface area is 82.5 Å². The number of aromatic nitrogens is 2. The number of H-pyrrole nitrogens is 1. The van der Waals surface area contributed by atoms with E-state index in [4.69, 9.17) is 0 Å². The van der Waals surface area contributed by atoms with Gasteiger partial charge in [0.25, 0.3) is 0 Å². The molecule has 1 aliphatic rings. The summed E-state index contributed by atoms with van der Waals surface area (Å²) in [6.07, 6.45) is 6.42. The van der Waals surface area contributed by atoms with Gasteiger partial charge in [-0.2, -0.15) is 0 Å². The summed E-state index contributed by atoms with van der Waals surface area (Å²) < 4.78 is 0. The molecule has 3 heteroatoms. The van der Waals surface area contributed by atoms with Crippen LogP contribution in [0.15, 0.2) is 24.5 Å².